The van der Waals surface area contributed by atoms with Crippen LogP contribution in [0, 0.1) is 5.82 Å². The second kappa shape index (κ2) is 9.13. The molecule has 0 unspecified atom stereocenters. The molecule has 0 saturated carbocycles. The number of hydrogen-bond acceptors (Lipinski definition) is 6. The Morgan fingerprint density at radius 1 is 1.12 bits per heavy atom. The van der Waals surface area contributed by atoms with E-state index >= 15 is 0 Å². The zero-order chi connectivity index (χ0) is 22.8. The zero-order valence-corrected chi connectivity index (χ0v) is 18.1. The molecule has 1 aliphatic heterocycles. The summed E-state index contributed by atoms with van der Waals surface area (Å²) < 4.78 is 21.1. The number of nitrogen functional groups attached to an aromatic ring is 1. The van der Waals surface area contributed by atoms with E-state index in [1.165, 1.54) is 6.07 Å². The van der Waals surface area contributed by atoms with Crippen LogP contribution >= 0.6 is 0 Å². The summed E-state index contributed by atoms with van der Waals surface area (Å²) in [5, 5.41) is 3.58. The first-order valence-electron chi connectivity index (χ1n) is 11.0. The lowest BCUT2D eigenvalue weighted by atomic mass is 10.1. The summed E-state index contributed by atoms with van der Waals surface area (Å²) in [5.41, 5.74) is 9.22. The number of ether oxygens (including phenoxy) is 1. The Labute approximate surface area is 190 Å². The number of nitrogens with two attached hydrogens (primary N) is 1. The van der Waals surface area contributed by atoms with Crippen molar-refractivity contribution in [1.29, 1.82) is 0 Å². The summed E-state index contributed by atoms with van der Waals surface area (Å²) in [6.45, 7) is 4.72. The van der Waals surface area contributed by atoms with Crippen molar-refractivity contribution in [3.63, 3.8) is 0 Å². The molecule has 4 aromatic rings. The Bertz CT molecular complexity index is 1300. The number of anilines is 1. The number of morpholine rings is 1. The van der Waals surface area contributed by atoms with Gasteiger partial charge >= 0.3 is 0 Å². The molecular formula is C24H25FN6O2. The first-order chi connectivity index (χ1) is 16.1. The summed E-state index contributed by atoms with van der Waals surface area (Å²) in [5.74, 6) is -0.328. The molecule has 170 valence electrons. The highest BCUT2D eigenvalue weighted by Gasteiger charge is 2.14. The summed E-state index contributed by atoms with van der Waals surface area (Å²) in [4.78, 5) is 23.6. The van der Waals surface area contributed by atoms with Crippen LogP contribution in [0.1, 0.15) is 21.6 Å². The minimum Gasteiger partial charge on any atom is -0.379 e. The Morgan fingerprint density at radius 2 is 1.91 bits per heavy atom. The van der Waals surface area contributed by atoms with Crippen molar-refractivity contribution in [2.75, 3.05) is 45.1 Å². The molecule has 1 aliphatic rings. The molecule has 1 amide bonds. The molecule has 0 atom stereocenters. The van der Waals surface area contributed by atoms with Crippen molar-refractivity contribution < 1.29 is 13.9 Å². The standard InChI is InChI=1S/C24H25FN6O2/c25-20-3-1-2-19-21(20)29-24(26)31-15-18(28-22(19)31)14-16-4-6-17(7-5-16)23(32)27-8-9-30-10-12-33-13-11-30/h1-7,15H,8-14H2,(H2,26,29)(H,27,32). The highest BCUT2D eigenvalue weighted by atomic mass is 19.1. The molecule has 3 heterocycles. The number of amides is 1. The van der Waals surface area contributed by atoms with Crippen molar-refractivity contribution in [3.05, 3.63) is 71.3 Å². The monoisotopic (exact) mass is 448 g/mol. The van der Waals surface area contributed by atoms with Gasteiger partial charge in [-0.1, -0.05) is 18.2 Å². The molecule has 3 N–H and O–H groups in total. The third-order valence-electron chi connectivity index (χ3n) is 5.88. The van der Waals surface area contributed by atoms with Crippen LogP contribution in [0.3, 0.4) is 0 Å². The van der Waals surface area contributed by atoms with Gasteiger partial charge in [0.15, 0.2) is 0 Å². The van der Waals surface area contributed by atoms with Gasteiger partial charge in [0.2, 0.25) is 5.95 Å². The molecule has 9 heteroatoms. The highest BCUT2D eigenvalue weighted by Crippen LogP contribution is 2.23. The summed E-state index contributed by atoms with van der Waals surface area (Å²) >= 11 is 0. The smallest absolute Gasteiger partial charge is 0.251 e. The first kappa shape index (κ1) is 21.3. The van der Waals surface area contributed by atoms with Crippen LogP contribution in [0.5, 0.6) is 0 Å². The van der Waals surface area contributed by atoms with Crippen molar-refractivity contribution in [2.24, 2.45) is 0 Å². The van der Waals surface area contributed by atoms with E-state index in [2.05, 4.69) is 20.2 Å². The number of imidazole rings is 1. The molecule has 2 aromatic heterocycles. The molecule has 0 aliphatic carbocycles. The molecule has 1 saturated heterocycles. The van der Waals surface area contributed by atoms with E-state index in [4.69, 9.17) is 10.5 Å². The molecule has 1 fully saturated rings. The molecule has 0 radical (unpaired) electrons. The van der Waals surface area contributed by atoms with Crippen molar-refractivity contribution in [3.8, 4) is 0 Å². The number of halogens is 1. The molecule has 8 nitrogen and oxygen atoms in total. The van der Waals surface area contributed by atoms with Gasteiger partial charge in [-0.3, -0.25) is 14.1 Å². The number of carbonyl (C=O) groups excluding carboxylic acids is 1. The van der Waals surface area contributed by atoms with Gasteiger partial charge in [0, 0.05) is 49.7 Å². The fourth-order valence-electron chi connectivity index (χ4n) is 4.09. The largest absolute Gasteiger partial charge is 0.379 e. The van der Waals surface area contributed by atoms with E-state index in [9.17, 15) is 9.18 Å². The van der Waals surface area contributed by atoms with Gasteiger partial charge in [-0.05, 0) is 29.8 Å². The SMILES string of the molecule is Nc1nc2c(F)cccc2c2nc(Cc3ccc(C(=O)NCCN4CCOCC4)cc3)cn12. The number of nitrogens with one attached hydrogen (secondary N) is 1. The van der Waals surface area contributed by atoms with Crippen molar-refractivity contribution >= 4 is 28.4 Å². The number of rotatable bonds is 6. The second-order valence-corrected chi connectivity index (χ2v) is 8.12. The predicted molar refractivity (Wildman–Crippen MR) is 124 cm³/mol. The van der Waals surface area contributed by atoms with Gasteiger partial charge in [0.05, 0.1) is 18.9 Å². The second-order valence-electron chi connectivity index (χ2n) is 8.12. The maximum atomic E-state index is 14.1. The third kappa shape index (κ3) is 4.50. The molecular weight excluding hydrogens is 423 g/mol. The summed E-state index contributed by atoms with van der Waals surface area (Å²) in [6.07, 6.45) is 2.37. The van der Waals surface area contributed by atoms with E-state index in [1.54, 1.807) is 16.5 Å². The van der Waals surface area contributed by atoms with Gasteiger partial charge in [-0.15, -0.1) is 0 Å². The van der Waals surface area contributed by atoms with Crippen molar-refractivity contribution in [2.45, 2.75) is 6.42 Å². The van der Waals surface area contributed by atoms with Crippen LogP contribution in [0.4, 0.5) is 10.3 Å². The van der Waals surface area contributed by atoms with Gasteiger partial charge in [0.25, 0.3) is 5.91 Å². The maximum absolute atomic E-state index is 14.1. The molecule has 0 spiro atoms. The number of carbonyl (C=O) groups is 1. The number of hydrogen-bond donors (Lipinski definition) is 2. The topological polar surface area (TPSA) is 97.8 Å². The van der Waals surface area contributed by atoms with Crippen LogP contribution in [0.15, 0.2) is 48.7 Å². The van der Waals surface area contributed by atoms with Gasteiger partial charge in [-0.25, -0.2) is 14.4 Å². The van der Waals surface area contributed by atoms with Gasteiger partial charge in [0.1, 0.15) is 17.0 Å². The van der Waals surface area contributed by atoms with E-state index < -0.39 is 5.82 Å². The number of para-hydroxylation sites is 1. The van der Waals surface area contributed by atoms with E-state index in [0.717, 1.165) is 44.1 Å². The Morgan fingerprint density at radius 3 is 2.70 bits per heavy atom. The van der Waals surface area contributed by atoms with Gasteiger partial charge < -0.3 is 15.8 Å². The van der Waals surface area contributed by atoms with Gasteiger partial charge in [-0.2, -0.15) is 0 Å². The van der Waals surface area contributed by atoms with E-state index in [1.807, 2.05) is 30.5 Å². The Kier molecular flexibility index (Phi) is 5.89. The lowest BCUT2D eigenvalue weighted by Gasteiger charge is -2.26. The lowest BCUT2D eigenvalue weighted by molar-refractivity contribution is 0.0383. The average Bonchev–Trinajstić information content (AvgIpc) is 3.26. The maximum Gasteiger partial charge on any atom is 0.251 e. The summed E-state index contributed by atoms with van der Waals surface area (Å²) in [6, 6.07) is 12.2. The summed E-state index contributed by atoms with van der Waals surface area (Å²) in [7, 11) is 0. The van der Waals surface area contributed by atoms with Crippen molar-refractivity contribution in [1.82, 2.24) is 24.6 Å². The number of nitrogens with zero attached hydrogens (tertiary/aromatic N) is 4. The van der Waals surface area contributed by atoms with E-state index in [0.29, 0.717) is 29.6 Å². The minimum atomic E-state index is -0.426. The van der Waals surface area contributed by atoms with Crippen LogP contribution in [0.25, 0.3) is 16.6 Å². The van der Waals surface area contributed by atoms with E-state index in [-0.39, 0.29) is 17.4 Å². The fraction of sp³-hybridized carbons (Fsp3) is 0.292. The highest BCUT2D eigenvalue weighted by molar-refractivity contribution is 5.94. The normalized spacial score (nSPS) is 14.7. The molecule has 5 rings (SSSR count). The Hall–Kier alpha value is -3.56. The fourth-order valence-corrected chi connectivity index (χ4v) is 4.09. The molecule has 33 heavy (non-hydrogen) atoms. The molecule has 0 bridgehead atoms. The zero-order valence-electron chi connectivity index (χ0n) is 18.1. The first-order valence-corrected chi connectivity index (χ1v) is 11.0. The Balaban J connectivity index is 1.26. The van der Waals surface area contributed by atoms with Crippen LogP contribution in [0.2, 0.25) is 0 Å². The predicted octanol–water partition coefficient (Wildman–Crippen LogP) is 2.26. The third-order valence-corrected chi connectivity index (χ3v) is 5.88. The minimum absolute atomic E-state index is 0.0881. The van der Waals surface area contributed by atoms with Crippen LogP contribution in [-0.4, -0.2) is 64.6 Å². The lowest BCUT2D eigenvalue weighted by Crippen LogP contribution is -2.41. The van der Waals surface area contributed by atoms with Crippen LogP contribution in [-0.2, 0) is 11.2 Å². The number of benzene rings is 2. The number of aromatic nitrogens is 3. The molecule has 2 aromatic carbocycles. The van der Waals surface area contributed by atoms with Crippen LogP contribution < -0.4 is 11.1 Å². The quantitative estimate of drug-likeness (QED) is 0.470. The number of fused-ring (bicyclic) bond motifs is 3. The average molecular weight is 449 g/mol.